The topological polar surface area (TPSA) is 73.1 Å². The lowest BCUT2D eigenvalue weighted by Gasteiger charge is -2.34. The number of ether oxygens (including phenoxy) is 3. The molecule has 2 heterocycles. The van der Waals surface area contributed by atoms with Crippen LogP contribution in [0.3, 0.4) is 0 Å². The maximum absolute atomic E-state index is 5.93. The van der Waals surface area contributed by atoms with Gasteiger partial charge in [-0.2, -0.15) is 5.10 Å². The second kappa shape index (κ2) is 10.2. The zero-order valence-corrected chi connectivity index (χ0v) is 17.7. The summed E-state index contributed by atoms with van der Waals surface area (Å²) >= 11 is 0. The minimum absolute atomic E-state index is 0.0164. The Hall–Kier alpha value is -2.74. The Kier molecular flexibility index (Phi) is 7.35. The Bertz CT molecular complexity index is 820. The van der Waals surface area contributed by atoms with E-state index in [1.54, 1.807) is 18.9 Å². The molecule has 1 aromatic heterocycles. The molecule has 8 nitrogen and oxygen atoms in total. The van der Waals surface area contributed by atoms with Gasteiger partial charge in [0.15, 0.2) is 17.5 Å². The van der Waals surface area contributed by atoms with Crippen LogP contribution >= 0.6 is 0 Å². The molecular formula is C21H31N5O3. The van der Waals surface area contributed by atoms with E-state index in [1.807, 2.05) is 38.6 Å². The minimum atomic E-state index is 0.0164. The number of aryl methyl sites for hydroxylation is 2. The fraction of sp³-hybridized carbons (Fsp3) is 0.524. The molecule has 0 aliphatic carbocycles. The highest BCUT2D eigenvalue weighted by Crippen LogP contribution is 2.28. The van der Waals surface area contributed by atoms with Crippen molar-refractivity contribution in [3.05, 3.63) is 41.7 Å². The lowest BCUT2D eigenvalue weighted by atomic mass is 10.1. The monoisotopic (exact) mass is 401 g/mol. The van der Waals surface area contributed by atoms with E-state index in [-0.39, 0.29) is 6.10 Å². The lowest BCUT2D eigenvalue weighted by Crippen LogP contribution is -2.48. The van der Waals surface area contributed by atoms with Crippen LogP contribution in [0.15, 0.2) is 35.6 Å². The van der Waals surface area contributed by atoms with E-state index < -0.39 is 0 Å². The van der Waals surface area contributed by atoms with E-state index in [2.05, 4.69) is 26.4 Å². The van der Waals surface area contributed by atoms with Gasteiger partial charge in [0.05, 0.1) is 33.6 Å². The largest absolute Gasteiger partial charge is 0.493 e. The number of benzene rings is 1. The van der Waals surface area contributed by atoms with Gasteiger partial charge in [0, 0.05) is 38.9 Å². The Balaban J connectivity index is 1.49. The van der Waals surface area contributed by atoms with Gasteiger partial charge in [0.25, 0.3) is 0 Å². The fourth-order valence-corrected chi connectivity index (χ4v) is 3.51. The third-order valence-electron chi connectivity index (χ3n) is 5.05. The molecule has 1 aromatic carbocycles. The third-order valence-corrected chi connectivity index (χ3v) is 5.05. The van der Waals surface area contributed by atoms with Crippen LogP contribution in [0.2, 0.25) is 0 Å². The van der Waals surface area contributed by atoms with Crippen molar-refractivity contribution in [1.29, 1.82) is 0 Å². The summed E-state index contributed by atoms with van der Waals surface area (Å²) in [6.45, 7) is 3.11. The van der Waals surface area contributed by atoms with Gasteiger partial charge in [-0.1, -0.05) is 6.07 Å². The molecule has 0 saturated carbocycles. The summed E-state index contributed by atoms with van der Waals surface area (Å²) in [6, 6.07) is 6.07. The van der Waals surface area contributed by atoms with Crippen molar-refractivity contribution in [3.63, 3.8) is 0 Å². The van der Waals surface area contributed by atoms with Crippen LogP contribution in [-0.4, -0.2) is 68.1 Å². The van der Waals surface area contributed by atoms with E-state index in [1.165, 1.54) is 5.56 Å². The van der Waals surface area contributed by atoms with Crippen LogP contribution in [-0.2, 0) is 18.2 Å². The molecule has 1 fully saturated rings. The van der Waals surface area contributed by atoms with Crippen LogP contribution < -0.4 is 14.8 Å². The number of hydrogen-bond donors (Lipinski definition) is 1. The average molecular weight is 402 g/mol. The summed E-state index contributed by atoms with van der Waals surface area (Å²) in [4.78, 5) is 6.71. The highest BCUT2D eigenvalue weighted by atomic mass is 16.5. The second-order valence-corrected chi connectivity index (χ2v) is 7.02. The van der Waals surface area contributed by atoms with Crippen molar-refractivity contribution >= 4 is 5.96 Å². The quantitative estimate of drug-likeness (QED) is 0.435. The molecule has 3 rings (SSSR count). The Morgan fingerprint density at radius 3 is 2.83 bits per heavy atom. The number of morpholine rings is 1. The molecule has 1 saturated heterocycles. The van der Waals surface area contributed by atoms with Crippen molar-refractivity contribution in [2.75, 3.05) is 47.5 Å². The predicted molar refractivity (Wildman–Crippen MR) is 113 cm³/mol. The Morgan fingerprint density at radius 1 is 1.31 bits per heavy atom. The summed E-state index contributed by atoms with van der Waals surface area (Å²) in [6.07, 6.45) is 5.83. The second-order valence-electron chi connectivity index (χ2n) is 7.02. The molecule has 1 atom stereocenters. The molecule has 1 aliphatic heterocycles. The van der Waals surface area contributed by atoms with E-state index in [4.69, 9.17) is 14.2 Å². The van der Waals surface area contributed by atoms with Crippen LogP contribution in [0.25, 0.3) is 0 Å². The van der Waals surface area contributed by atoms with Crippen molar-refractivity contribution < 1.29 is 14.2 Å². The van der Waals surface area contributed by atoms with Crippen LogP contribution in [0, 0.1) is 0 Å². The number of aromatic nitrogens is 2. The molecule has 8 heteroatoms. The van der Waals surface area contributed by atoms with Gasteiger partial charge in [-0.3, -0.25) is 9.67 Å². The first kappa shape index (κ1) is 21.0. The normalized spacial score (nSPS) is 17.3. The first-order chi connectivity index (χ1) is 14.1. The molecule has 0 spiro atoms. The standard InChI is InChI=1S/C21H31N5O3/c1-22-21(26-10-11-29-20(15-26)17-13-24-25(2)14-17)23-9-5-6-16-7-8-18(27-3)19(12-16)28-4/h7-8,12-14,20H,5-6,9-11,15H2,1-4H3,(H,22,23). The van der Waals surface area contributed by atoms with Crippen LogP contribution in [0.5, 0.6) is 11.5 Å². The molecule has 1 aliphatic rings. The van der Waals surface area contributed by atoms with Crippen molar-refractivity contribution in [2.45, 2.75) is 18.9 Å². The molecule has 158 valence electrons. The molecule has 0 radical (unpaired) electrons. The zero-order chi connectivity index (χ0) is 20.6. The van der Waals surface area contributed by atoms with Gasteiger partial charge in [0.1, 0.15) is 6.10 Å². The number of guanidine groups is 1. The van der Waals surface area contributed by atoms with Crippen molar-refractivity contribution in [2.24, 2.45) is 12.0 Å². The molecular weight excluding hydrogens is 370 g/mol. The first-order valence-corrected chi connectivity index (χ1v) is 9.91. The average Bonchev–Trinajstić information content (AvgIpc) is 3.20. The third kappa shape index (κ3) is 5.41. The Morgan fingerprint density at radius 2 is 2.14 bits per heavy atom. The van der Waals surface area contributed by atoms with E-state index in [0.29, 0.717) is 6.61 Å². The fourth-order valence-electron chi connectivity index (χ4n) is 3.51. The van der Waals surface area contributed by atoms with Gasteiger partial charge in [-0.05, 0) is 30.5 Å². The zero-order valence-electron chi connectivity index (χ0n) is 17.7. The smallest absolute Gasteiger partial charge is 0.193 e. The van der Waals surface area contributed by atoms with E-state index in [9.17, 15) is 0 Å². The lowest BCUT2D eigenvalue weighted by molar-refractivity contribution is -0.00801. The summed E-state index contributed by atoms with van der Waals surface area (Å²) in [5, 5.41) is 7.73. The van der Waals surface area contributed by atoms with Gasteiger partial charge in [-0.15, -0.1) is 0 Å². The molecule has 29 heavy (non-hydrogen) atoms. The van der Waals surface area contributed by atoms with Crippen LogP contribution in [0.1, 0.15) is 23.7 Å². The number of nitrogens with zero attached hydrogens (tertiary/aromatic N) is 4. The van der Waals surface area contributed by atoms with Crippen LogP contribution in [0.4, 0.5) is 0 Å². The van der Waals surface area contributed by atoms with Gasteiger partial charge in [0.2, 0.25) is 0 Å². The van der Waals surface area contributed by atoms with E-state index >= 15 is 0 Å². The molecule has 1 N–H and O–H groups in total. The maximum Gasteiger partial charge on any atom is 0.193 e. The number of methoxy groups -OCH3 is 2. The van der Waals surface area contributed by atoms with Gasteiger partial charge >= 0.3 is 0 Å². The minimum Gasteiger partial charge on any atom is -0.493 e. The summed E-state index contributed by atoms with van der Waals surface area (Å²) in [5.74, 6) is 2.43. The molecule has 0 amide bonds. The number of hydrogen-bond acceptors (Lipinski definition) is 5. The molecule has 2 aromatic rings. The summed E-state index contributed by atoms with van der Waals surface area (Å²) < 4.78 is 18.4. The van der Waals surface area contributed by atoms with Gasteiger partial charge in [-0.25, -0.2) is 0 Å². The van der Waals surface area contributed by atoms with Crippen molar-refractivity contribution in [3.8, 4) is 11.5 Å². The molecule has 0 bridgehead atoms. The van der Waals surface area contributed by atoms with Crippen molar-refractivity contribution in [1.82, 2.24) is 20.0 Å². The maximum atomic E-state index is 5.93. The number of rotatable bonds is 7. The summed E-state index contributed by atoms with van der Waals surface area (Å²) in [7, 11) is 7.06. The number of nitrogens with one attached hydrogen (secondary N) is 1. The highest BCUT2D eigenvalue weighted by molar-refractivity contribution is 5.80. The highest BCUT2D eigenvalue weighted by Gasteiger charge is 2.25. The van der Waals surface area contributed by atoms with Gasteiger partial charge < -0.3 is 24.4 Å². The molecule has 1 unspecified atom stereocenters. The number of aliphatic imine (C=N–C) groups is 1. The van der Waals surface area contributed by atoms with E-state index in [0.717, 1.165) is 55.5 Å². The first-order valence-electron chi connectivity index (χ1n) is 9.91. The Labute approximate surface area is 172 Å². The summed E-state index contributed by atoms with van der Waals surface area (Å²) in [5.41, 5.74) is 2.32. The predicted octanol–water partition coefficient (Wildman–Crippen LogP) is 2.02. The SMILES string of the molecule is CN=C(NCCCc1ccc(OC)c(OC)c1)N1CCOC(c2cnn(C)c2)C1.